The Morgan fingerprint density at radius 3 is 1.35 bits per heavy atom. The van der Waals surface area contributed by atoms with E-state index >= 15 is 0 Å². The normalized spacial score (nSPS) is 10.4. The topological polar surface area (TPSA) is 354 Å². The first-order valence-corrected chi connectivity index (χ1v) is 29.6. The van der Waals surface area contributed by atoms with E-state index < -0.39 is 21.6 Å². The molecule has 0 aliphatic rings. The molecule has 0 spiro atoms. The number of non-ortho nitro benzene ring substituents is 2. The third kappa shape index (κ3) is 17.2. The van der Waals surface area contributed by atoms with Gasteiger partial charge in [0.2, 0.25) is 0 Å². The van der Waals surface area contributed by atoms with Crippen LogP contribution < -0.4 is 54.4 Å². The van der Waals surface area contributed by atoms with E-state index in [2.05, 4.69) is 63.2 Å². The highest BCUT2D eigenvalue weighted by Crippen LogP contribution is 2.32. The number of nitrogens with one attached hydrogen (secondary N) is 7. The number of aromatic nitrogens is 4. The number of benzene rings is 8. The quantitative estimate of drug-likeness (QED) is 0.0258. The van der Waals surface area contributed by atoms with Crippen LogP contribution in [0.3, 0.4) is 0 Å². The molecule has 0 radical (unpaired) electrons. The number of carbonyl (C=O) groups excluding carboxylic acids is 1. The number of hydrogen-bond donors (Lipinski definition) is 11. The van der Waals surface area contributed by atoms with E-state index in [1.807, 2.05) is 118 Å². The molecule has 4 aromatic heterocycles. The van der Waals surface area contributed by atoms with Crippen LogP contribution in [0.1, 0.15) is 31.8 Å². The molecule has 88 heavy (non-hydrogen) atoms. The van der Waals surface area contributed by atoms with Gasteiger partial charge in [-0.25, -0.2) is 29.1 Å². The summed E-state index contributed by atoms with van der Waals surface area (Å²) >= 11 is 6.35. The molecule has 0 saturated carbocycles. The summed E-state index contributed by atoms with van der Waals surface area (Å²) in [4.78, 5) is 60.3. The minimum Gasteiger partial charge on any atom is -0.478 e. The van der Waals surface area contributed by atoms with E-state index in [4.69, 9.17) is 22.3 Å². The summed E-state index contributed by atoms with van der Waals surface area (Å²) in [6.07, 6.45) is 0. The number of amides is 1. The van der Waals surface area contributed by atoms with E-state index in [0.29, 0.717) is 41.1 Å². The highest BCUT2D eigenvalue weighted by molar-refractivity contribution is 7.23. The predicted molar refractivity (Wildman–Crippen MR) is 359 cm³/mol. The van der Waals surface area contributed by atoms with Crippen LogP contribution in [-0.4, -0.2) is 75.0 Å². The molecule has 12 aromatic rings. The maximum atomic E-state index is 12.4. The second kappa shape index (κ2) is 29.8. The van der Waals surface area contributed by atoms with Gasteiger partial charge in [-0.05, 0) is 114 Å². The Morgan fingerprint density at radius 1 is 0.500 bits per heavy atom. The molecule has 0 atom stereocenters. The van der Waals surface area contributed by atoms with Crippen molar-refractivity contribution >= 4 is 164 Å². The average molecular weight is 1260 g/mol. The minimum atomic E-state index is -0.908. The van der Waals surface area contributed by atoms with Crippen LogP contribution in [0.25, 0.3) is 40.9 Å². The molecule has 8 aromatic carbocycles. The van der Waals surface area contributed by atoms with E-state index in [1.54, 1.807) is 71.4 Å². The number of nitro benzene ring substituents is 2. The van der Waals surface area contributed by atoms with E-state index in [-0.39, 0.29) is 23.0 Å². The Bertz CT molecular complexity index is 4410. The standard InChI is InChI=1S/C22H21N5OS.C16H15N3O2S.C8H7N3O2S.C8H9N3S.C6H5FN2O2/c1-24-22-27-19-12-16(10-11-20(19)29-22)25-13-14-6-8-15(9-7-14)21(28)26-18-5-3-2-4-17(18)23;1-17-16-19-13-8-12(6-7-14(13)22-16)18-9-10-2-4-11(5-3-10)15(20)21;1-9-8-10-6-4-5(11(12)13)2-3-7(6)14-8;1-10-8-11-6-4-5(9)2-3-7(6)12-8;7-5-2-1-4(9(10)11)3-6(5)8/h2-12,25H,13,23H2,1H3,(H,24,27)(H,26,28);2-8,18H,9H2,1H3,(H,17,19)(H,20,21);2-4H,1H3,(H,9,10);2-4H,9H2,1H3,(H,10,11);1-3H,8H2. The lowest BCUT2D eigenvalue weighted by atomic mass is 10.1. The number of hydrogen-bond acceptors (Lipinski definition) is 23. The van der Waals surface area contributed by atoms with Gasteiger partial charge in [-0.1, -0.05) is 81.7 Å². The molecule has 23 nitrogen and oxygen atoms in total. The lowest BCUT2D eigenvalue weighted by molar-refractivity contribution is -0.385. The fraction of sp³-hybridized carbons (Fsp3) is 0.100. The number of carbonyl (C=O) groups is 2. The molecular weight excluding hydrogens is 1200 g/mol. The summed E-state index contributed by atoms with van der Waals surface area (Å²) < 4.78 is 16.8. The van der Waals surface area contributed by atoms with Gasteiger partial charge in [0.1, 0.15) is 5.82 Å². The molecule has 450 valence electrons. The summed E-state index contributed by atoms with van der Waals surface area (Å²) in [6.45, 7) is 1.29. The zero-order valence-electron chi connectivity index (χ0n) is 47.3. The van der Waals surface area contributed by atoms with Crippen molar-refractivity contribution in [1.82, 2.24) is 19.9 Å². The van der Waals surface area contributed by atoms with E-state index in [9.17, 15) is 34.2 Å². The molecule has 0 saturated heterocycles. The molecule has 14 N–H and O–H groups in total. The number of aromatic carboxylic acids is 1. The average Bonchev–Trinajstić information content (AvgIpc) is 3.21. The highest BCUT2D eigenvalue weighted by Gasteiger charge is 2.12. The van der Waals surface area contributed by atoms with Gasteiger partial charge >= 0.3 is 5.97 Å². The zero-order valence-corrected chi connectivity index (χ0v) is 50.6. The van der Waals surface area contributed by atoms with Crippen molar-refractivity contribution in [3.05, 3.63) is 212 Å². The van der Waals surface area contributed by atoms with Crippen molar-refractivity contribution in [2.45, 2.75) is 13.1 Å². The van der Waals surface area contributed by atoms with Crippen LogP contribution in [0.4, 0.5) is 70.4 Å². The summed E-state index contributed by atoms with van der Waals surface area (Å²) in [7, 11) is 7.36. The Morgan fingerprint density at radius 2 is 0.909 bits per heavy atom. The second-order valence-electron chi connectivity index (χ2n) is 18.5. The number of carboxylic acids is 1. The monoisotopic (exact) mass is 1260 g/mol. The fourth-order valence-corrected chi connectivity index (χ4v) is 11.1. The van der Waals surface area contributed by atoms with Crippen molar-refractivity contribution < 1.29 is 28.9 Å². The number of nitro groups is 2. The Hall–Kier alpha value is -10.8. The van der Waals surface area contributed by atoms with Gasteiger partial charge < -0.3 is 59.5 Å². The molecule has 12 rings (SSSR count). The SMILES string of the molecule is CNc1nc2cc(N)ccc2s1.CNc1nc2cc(NCc3ccc(C(=O)Nc4ccccc4N)cc3)ccc2s1.CNc1nc2cc(NCc3ccc(C(=O)O)cc3)ccc2s1.CNc1nc2cc([N+](=O)[O-])ccc2s1.Nc1cc([N+](=O)[O-])ccc1F. The van der Waals surface area contributed by atoms with Gasteiger partial charge in [0, 0.05) is 88.2 Å². The van der Waals surface area contributed by atoms with Gasteiger partial charge in [-0.2, -0.15) is 0 Å². The number of halogens is 1. The maximum Gasteiger partial charge on any atom is 0.335 e. The molecule has 0 unspecified atom stereocenters. The minimum absolute atomic E-state index is 0.0745. The third-order valence-electron chi connectivity index (χ3n) is 12.4. The lowest BCUT2D eigenvalue weighted by Crippen LogP contribution is -2.13. The number of nitrogen functional groups attached to an aromatic ring is 3. The van der Waals surface area contributed by atoms with Gasteiger partial charge in [0.05, 0.1) is 73.3 Å². The van der Waals surface area contributed by atoms with Crippen LogP contribution in [0.2, 0.25) is 0 Å². The first kappa shape index (κ1) is 63.2. The fourth-order valence-electron chi connectivity index (χ4n) is 7.87. The Kier molecular flexibility index (Phi) is 21.4. The smallest absolute Gasteiger partial charge is 0.335 e. The number of anilines is 10. The molecular formula is C60H57FN16O7S4. The van der Waals surface area contributed by atoms with E-state index in [0.717, 1.165) is 102 Å². The van der Waals surface area contributed by atoms with Crippen molar-refractivity contribution in [3.8, 4) is 0 Å². The summed E-state index contributed by atoms with van der Waals surface area (Å²) in [6, 6.07) is 47.3. The number of thiazole rings is 4. The zero-order chi connectivity index (χ0) is 62.9. The molecule has 0 bridgehead atoms. The Labute approximate surface area is 517 Å². The van der Waals surface area contributed by atoms with Crippen molar-refractivity contribution in [1.29, 1.82) is 0 Å². The molecule has 0 fully saturated rings. The molecule has 28 heteroatoms. The van der Waals surface area contributed by atoms with Crippen molar-refractivity contribution in [2.24, 2.45) is 0 Å². The maximum absolute atomic E-state index is 12.4. The Balaban J connectivity index is 0.000000150. The van der Waals surface area contributed by atoms with Crippen LogP contribution >= 0.6 is 45.3 Å². The van der Waals surface area contributed by atoms with Gasteiger partial charge in [0.25, 0.3) is 17.3 Å². The van der Waals surface area contributed by atoms with Crippen LogP contribution in [0.15, 0.2) is 164 Å². The van der Waals surface area contributed by atoms with Gasteiger partial charge in [-0.15, -0.1) is 0 Å². The summed E-state index contributed by atoms with van der Waals surface area (Å²) in [5, 5.41) is 54.5. The van der Waals surface area contributed by atoms with Crippen LogP contribution in [0, 0.1) is 26.0 Å². The van der Waals surface area contributed by atoms with Crippen molar-refractivity contribution in [3.63, 3.8) is 0 Å². The molecule has 0 aliphatic heterocycles. The van der Waals surface area contributed by atoms with E-state index in [1.165, 1.54) is 23.5 Å². The largest absolute Gasteiger partial charge is 0.478 e. The lowest BCUT2D eigenvalue weighted by Gasteiger charge is -2.09. The third-order valence-corrected chi connectivity index (χ3v) is 16.6. The number of fused-ring (bicyclic) bond motifs is 4. The summed E-state index contributed by atoms with van der Waals surface area (Å²) in [5.41, 5.74) is 26.7. The number of nitrogens with two attached hydrogens (primary N) is 3. The van der Waals surface area contributed by atoms with Crippen LogP contribution in [-0.2, 0) is 13.1 Å². The summed E-state index contributed by atoms with van der Waals surface area (Å²) in [5.74, 6) is -1.74. The molecule has 1 amide bonds. The first-order valence-electron chi connectivity index (χ1n) is 26.4. The number of para-hydroxylation sites is 2. The highest BCUT2D eigenvalue weighted by atomic mass is 32.1. The molecule has 0 aliphatic carbocycles. The van der Waals surface area contributed by atoms with Crippen molar-refractivity contribution in [2.75, 3.05) is 82.6 Å². The van der Waals surface area contributed by atoms with Gasteiger partial charge in [0.15, 0.2) is 20.5 Å². The van der Waals surface area contributed by atoms with Crippen LogP contribution in [0.5, 0.6) is 0 Å². The number of carboxylic acid groups (broad SMARTS) is 1. The predicted octanol–water partition coefficient (Wildman–Crippen LogP) is 13.9. The first-order chi connectivity index (χ1) is 42.4. The van der Waals surface area contributed by atoms with Gasteiger partial charge in [-0.3, -0.25) is 25.0 Å². The number of nitrogens with zero attached hydrogens (tertiary/aromatic N) is 6. The second-order valence-corrected chi connectivity index (χ2v) is 22.6. The molecule has 4 heterocycles. The number of rotatable bonds is 15.